The summed E-state index contributed by atoms with van der Waals surface area (Å²) in [6.07, 6.45) is 13.4. The first kappa shape index (κ1) is 40.2. The molecule has 1 saturated carbocycles. The highest BCUT2D eigenvalue weighted by atomic mass is 16.2. The van der Waals surface area contributed by atoms with E-state index in [2.05, 4.69) is 65.5 Å². The first-order valence-electron chi connectivity index (χ1n) is 22.2. The number of hydrogen-bond acceptors (Lipinski definition) is 12. The summed E-state index contributed by atoms with van der Waals surface area (Å²) in [6, 6.07) is 13.1. The third-order valence-electron chi connectivity index (χ3n) is 13.9. The van der Waals surface area contributed by atoms with Gasteiger partial charge in [0.25, 0.3) is 5.56 Å². The van der Waals surface area contributed by atoms with Crippen molar-refractivity contribution in [2.45, 2.75) is 96.1 Å². The van der Waals surface area contributed by atoms with Gasteiger partial charge in [-0.3, -0.25) is 34.0 Å². The average molecular weight is 815 g/mol. The van der Waals surface area contributed by atoms with Gasteiger partial charge < -0.3 is 20.0 Å². The predicted octanol–water partition coefficient (Wildman–Crippen LogP) is 5.58. The fourth-order valence-electron chi connectivity index (χ4n) is 10.6. The van der Waals surface area contributed by atoms with Gasteiger partial charge in [-0.2, -0.15) is 4.98 Å². The van der Waals surface area contributed by atoms with E-state index in [0.717, 1.165) is 88.1 Å². The third-order valence-corrected chi connectivity index (χ3v) is 13.9. The molecule has 316 valence electrons. The number of ketones is 1. The zero-order chi connectivity index (χ0) is 41.3. The van der Waals surface area contributed by atoms with E-state index in [4.69, 9.17) is 9.97 Å². The molecule has 2 N–H and O–H groups in total. The molecule has 4 aromatic rings. The molecule has 5 fully saturated rings. The van der Waals surface area contributed by atoms with Crippen LogP contribution in [-0.4, -0.2) is 112 Å². The SMILES string of the molecule is CC(=O)c1c(C)c2cnc(Nc3ccc(N4CCN(C5CCCN(CC6CCN(c7ccc(C8CCC(=O)NC8=O)cc7)CC6)C5)CC4)cn3)nc2n(C2CCCC2)c1=O. The Morgan fingerprint density at radius 3 is 2.20 bits per heavy atom. The van der Waals surface area contributed by atoms with Crippen LogP contribution in [0.5, 0.6) is 0 Å². The second-order valence-electron chi connectivity index (χ2n) is 17.7. The molecule has 0 spiro atoms. The van der Waals surface area contributed by atoms with Crippen LogP contribution in [0.15, 0.2) is 53.6 Å². The molecule has 9 rings (SSSR count). The minimum absolute atomic E-state index is 0.0272. The third kappa shape index (κ3) is 8.41. The zero-order valence-electron chi connectivity index (χ0n) is 35.1. The molecular formula is C46H58N10O4. The van der Waals surface area contributed by atoms with E-state index in [1.807, 2.05) is 19.2 Å². The summed E-state index contributed by atoms with van der Waals surface area (Å²) >= 11 is 0. The van der Waals surface area contributed by atoms with Crippen LogP contribution in [0.2, 0.25) is 0 Å². The highest BCUT2D eigenvalue weighted by Gasteiger charge is 2.32. The Hall–Kier alpha value is -5.21. The topological polar surface area (TPSA) is 149 Å². The normalized spacial score (nSPS) is 22.7. The summed E-state index contributed by atoms with van der Waals surface area (Å²) in [5, 5.41) is 6.47. The molecule has 4 saturated heterocycles. The quantitative estimate of drug-likeness (QED) is 0.152. The lowest BCUT2D eigenvalue weighted by Gasteiger charge is -2.45. The number of benzene rings is 1. The van der Waals surface area contributed by atoms with Gasteiger partial charge in [0.2, 0.25) is 17.8 Å². The molecule has 2 atom stereocenters. The fraction of sp³-hybridized carbons (Fsp3) is 0.543. The number of Topliss-reactive ketones (excluding diaryl/α,β-unsaturated/α-hetero) is 1. The number of amides is 2. The van der Waals surface area contributed by atoms with Crippen molar-refractivity contribution >= 4 is 51.8 Å². The predicted molar refractivity (Wildman–Crippen MR) is 233 cm³/mol. The second kappa shape index (κ2) is 17.4. The van der Waals surface area contributed by atoms with Gasteiger partial charge in [0.1, 0.15) is 11.5 Å². The average Bonchev–Trinajstić information content (AvgIpc) is 3.79. The van der Waals surface area contributed by atoms with Crippen molar-refractivity contribution in [3.05, 3.63) is 75.8 Å². The first-order valence-corrected chi connectivity index (χ1v) is 22.2. The number of nitrogens with one attached hydrogen (secondary N) is 2. The number of nitrogens with zero attached hydrogens (tertiary/aromatic N) is 8. The molecule has 3 aromatic heterocycles. The van der Waals surface area contributed by atoms with Gasteiger partial charge in [0, 0.05) is 88.1 Å². The smallest absolute Gasteiger partial charge is 0.263 e. The summed E-state index contributed by atoms with van der Waals surface area (Å²) in [5.74, 6) is 0.908. The van der Waals surface area contributed by atoms with Crippen LogP contribution >= 0.6 is 0 Å². The van der Waals surface area contributed by atoms with Crippen LogP contribution in [0.25, 0.3) is 11.0 Å². The van der Waals surface area contributed by atoms with Crippen LogP contribution in [0.4, 0.5) is 23.1 Å². The summed E-state index contributed by atoms with van der Waals surface area (Å²) in [4.78, 5) is 74.5. The van der Waals surface area contributed by atoms with Crippen molar-refractivity contribution in [1.82, 2.24) is 34.6 Å². The Balaban J connectivity index is 0.750. The minimum atomic E-state index is -0.254. The number of aryl methyl sites for hydroxylation is 1. The largest absolute Gasteiger partial charge is 0.372 e. The van der Waals surface area contributed by atoms with Crippen LogP contribution < -0.4 is 26.0 Å². The van der Waals surface area contributed by atoms with E-state index in [-0.39, 0.29) is 40.7 Å². The number of rotatable bonds is 10. The van der Waals surface area contributed by atoms with Gasteiger partial charge in [-0.05, 0) is 107 Å². The Labute approximate surface area is 351 Å². The molecule has 14 heteroatoms. The van der Waals surface area contributed by atoms with Gasteiger partial charge >= 0.3 is 0 Å². The van der Waals surface area contributed by atoms with Crippen molar-refractivity contribution in [2.24, 2.45) is 5.92 Å². The molecule has 0 radical (unpaired) electrons. The van der Waals surface area contributed by atoms with Crippen LogP contribution in [0.1, 0.15) is 105 Å². The standard InChI is InChI=1S/C46H58N10O4/c1-30-39-27-48-46(51-43(39)56(35-6-3-4-7-35)45(60)42(30)31(2)57)49-40-15-13-36(26-47-40)54-22-24-55(25-23-54)37-8-5-19-52(29-37)28-32-17-20-53(21-18-32)34-11-9-33(10-12-34)38-14-16-41(58)50-44(38)59/h9-13,15,26-27,32,35,37-38H,3-8,14,16-25,28-29H2,1-2H3,(H,50,58,59)(H,47,48,49,51). The van der Waals surface area contributed by atoms with Crippen molar-refractivity contribution in [2.75, 3.05) is 74.0 Å². The second-order valence-corrected chi connectivity index (χ2v) is 17.7. The minimum Gasteiger partial charge on any atom is -0.372 e. The Bertz CT molecular complexity index is 2270. The maximum absolute atomic E-state index is 13.6. The Kier molecular flexibility index (Phi) is 11.7. The number of hydrogen-bond donors (Lipinski definition) is 2. The van der Waals surface area contributed by atoms with Crippen LogP contribution in [0, 0.1) is 12.8 Å². The number of likely N-dealkylation sites (tertiary alicyclic amines) is 1. The number of pyridine rings is 2. The van der Waals surface area contributed by atoms with Gasteiger partial charge in [-0.1, -0.05) is 25.0 Å². The van der Waals surface area contributed by atoms with Crippen molar-refractivity contribution in [3.8, 4) is 0 Å². The summed E-state index contributed by atoms with van der Waals surface area (Å²) < 4.78 is 1.74. The molecule has 14 nitrogen and oxygen atoms in total. The maximum Gasteiger partial charge on any atom is 0.263 e. The number of imide groups is 1. The maximum atomic E-state index is 13.6. The summed E-state index contributed by atoms with van der Waals surface area (Å²) in [5.41, 5.74) is 4.49. The lowest BCUT2D eigenvalue weighted by Crippen LogP contribution is -2.55. The van der Waals surface area contributed by atoms with Crippen molar-refractivity contribution < 1.29 is 14.4 Å². The van der Waals surface area contributed by atoms with Crippen LogP contribution in [0.3, 0.4) is 0 Å². The number of carbonyl (C=O) groups is 3. The highest BCUT2D eigenvalue weighted by Crippen LogP contribution is 2.33. The lowest BCUT2D eigenvalue weighted by molar-refractivity contribution is -0.134. The number of fused-ring (bicyclic) bond motifs is 1. The Morgan fingerprint density at radius 1 is 0.783 bits per heavy atom. The number of piperidine rings is 3. The molecule has 7 heterocycles. The summed E-state index contributed by atoms with van der Waals surface area (Å²) in [6.45, 7) is 12.9. The zero-order valence-corrected chi connectivity index (χ0v) is 35.1. The fourth-order valence-corrected chi connectivity index (χ4v) is 10.6. The van der Waals surface area contributed by atoms with Crippen molar-refractivity contribution in [3.63, 3.8) is 0 Å². The van der Waals surface area contributed by atoms with E-state index in [0.29, 0.717) is 47.8 Å². The number of aromatic nitrogens is 4. The monoisotopic (exact) mass is 814 g/mol. The van der Waals surface area contributed by atoms with E-state index in [1.54, 1.807) is 10.8 Å². The Morgan fingerprint density at radius 2 is 1.50 bits per heavy atom. The van der Waals surface area contributed by atoms with E-state index in [9.17, 15) is 19.2 Å². The molecule has 5 aliphatic rings. The van der Waals surface area contributed by atoms with Crippen molar-refractivity contribution in [1.29, 1.82) is 0 Å². The molecule has 1 aliphatic carbocycles. The molecule has 2 amide bonds. The first-order chi connectivity index (χ1) is 29.2. The molecule has 4 aliphatic heterocycles. The molecule has 0 bridgehead atoms. The van der Waals surface area contributed by atoms with Crippen LogP contribution in [-0.2, 0) is 9.59 Å². The van der Waals surface area contributed by atoms with Gasteiger partial charge in [-0.15, -0.1) is 0 Å². The van der Waals surface area contributed by atoms with E-state index in [1.165, 1.54) is 51.4 Å². The number of carbonyl (C=O) groups excluding carboxylic acids is 3. The van der Waals surface area contributed by atoms with Gasteiger partial charge in [0.15, 0.2) is 5.78 Å². The van der Waals surface area contributed by atoms with E-state index < -0.39 is 0 Å². The highest BCUT2D eigenvalue weighted by molar-refractivity contribution is 6.01. The molecule has 60 heavy (non-hydrogen) atoms. The summed E-state index contributed by atoms with van der Waals surface area (Å²) in [7, 11) is 0. The number of piperazine rings is 1. The van der Waals surface area contributed by atoms with Gasteiger partial charge in [0.05, 0.1) is 23.4 Å². The number of anilines is 4. The van der Waals surface area contributed by atoms with Gasteiger partial charge in [-0.25, -0.2) is 9.97 Å². The molecule has 2 unspecified atom stereocenters. The molecule has 1 aromatic carbocycles. The lowest BCUT2D eigenvalue weighted by atomic mass is 9.90. The van der Waals surface area contributed by atoms with E-state index >= 15 is 0 Å². The molecular weight excluding hydrogens is 757 g/mol.